The third kappa shape index (κ3) is 1.61. The Bertz CT molecular complexity index is 307. The fourth-order valence-electron chi connectivity index (χ4n) is 1.09. The average Bonchev–Trinajstić information content (AvgIpc) is 2.04. The van der Waals surface area contributed by atoms with Crippen LogP contribution in [0.2, 0.25) is 0 Å². The maximum atomic E-state index is 10.7. The van der Waals surface area contributed by atoms with Crippen LogP contribution in [-0.4, -0.2) is 10.9 Å². The maximum absolute atomic E-state index is 10.7. The minimum atomic E-state index is -0.472. The SMILES string of the molecule is CCc1cnc(C(N)=O)cc1C. The molecule has 0 aliphatic heterocycles. The van der Waals surface area contributed by atoms with Crippen LogP contribution in [0.4, 0.5) is 0 Å². The zero-order valence-corrected chi connectivity index (χ0v) is 7.29. The van der Waals surface area contributed by atoms with Crippen molar-refractivity contribution in [3.05, 3.63) is 29.1 Å². The molecule has 2 N–H and O–H groups in total. The standard InChI is InChI=1S/C9H12N2O/c1-3-7-5-11-8(9(10)12)4-6(7)2/h4-5H,3H2,1-2H3,(H2,10,12). The number of hydrogen-bond donors (Lipinski definition) is 1. The van der Waals surface area contributed by atoms with E-state index in [9.17, 15) is 4.79 Å². The molecule has 0 fully saturated rings. The molecular weight excluding hydrogens is 152 g/mol. The normalized spacial score (nSPS) is 9.83. The Morgan fingerprint density at radius 1 is 1.67 bits per heavy atom. The number of pyridine rings is 1. The molecule has 0 saturated heterocycles. The summed E-state index contributed by atoms with van der Waals surface area (Å²) in [5.41, 5.74) is 7.63. The number of aromatic nitrogens is 1. The first-order chi connectivity index (χ1) is 5.65. The van der Waals surface area contributed by atoms with Gasteiger partial charge in [0.05, 0.1) is 0 Å². The fraction of sp³-hybridized carbons (Fsp3) is 0.333. The highest BCUT2D eigenvalue weighted by atomic mass is 16.1. The van der Waals surface area contributed by atoms with Gasteiger partial charge in [-0.1, -0.05) is 6.92 Å². The summed E-state index contributed by atoms with van der Waals surface area (Å²) in [6.45, 7) is 4.00. The Balaban J connectivity index is 3.10. The van der Waals surface area contributed by atoms with Crippen molar-refractivity contribution in [1.29, 1.82) is 0 Å². The Hall–Kier alpha value is -1.38. The van der Waals surface area contributed by atoms with Gasteiger partial charge >= 0.3 is 0 Å². The van der Waals surface area contributed by atoms with Crippen LogP contribution in [-0.2, 0) is 6.42 Å². The number of nitrogens with two attached hydrogens (primary N) is 1. The Morgan fingerprint density at radius 3 is 2.75 bits per heavy atom. The summed E-state index contributed by atoms with van der Waals surface area (Å²) >= 11 is 0. The second-order valence-electron chi connectivity index (χ2n) is 2.71. The van der Waals surface area contributed by atoms with E-state index in [-0.39, 0.29) is 0 Å². The van der Waals surface area contributed by atoms with E-state index in [0.717, 1.165) is 17.5 Å². The molecule has 1 aromatic rings. The van der Waals surface area contributed by atoms with Crippen LogP contribution in [0.3, 0.4) is 0 Å². The lowest BCUT2D eigenvalue weighted by Gasteiger charge is -2.02. The third-order valence-corrected chi connectivity index (χ3v) is 1.85. The van der Waals surface area contributed by atoms with Crippen LogP contribution in [0, 0.1) is 6.92 Å². The quantitative estimate of drug-likeness (QED) is 0.710. The van der Waals surface area contributed by atoms with Crippen molar-refractivity contribution < 1.29 is 4.79 Å². The first kappa shape index (κ1) is 8.71. The smallest absolute Gasteiger partial charge is 0.267 e. The van der Waals surface area contributed by atoms with Gasteiger partial charge in [0.1, 0.15) is 5.69 Å². The molecule has 0 bridgehead atoms. The highest BCUT2D eigenvalue weighted by Crippen LogP contribution is 2.07. The molecule has 0 aliphatic carbocycles. The van der Waals surface area contributed by atoms with Crippen molar-refractivity contribution in [1.82, 2.24) is 4.98 Å². The molecule has 0 spiro atoms. The fourth-order valence-corrected chi connectivity index (χ4v) is 1.09. The zero-order chi connectivity index (χ0) is 9.14. The second kappa shape index (κ2) is 3.34. The molecule has 1 heterocycles. The predicted octanol–water partition coefficient (Wildman–Crippen LogP) is 1.05. The summed E-state index contributed by atoms with van der Waals surface area (Å²) in [5.74, 6) is -0.472. The molecule has 1 rings (SSSR count). The zero-order valence-electron chi connectivity index (χ0n) is 7.29. The van der Waals surface area contributed by atoms with Crippen LogP contribution in [0.5, 0.6) is 0 Å². The van der Waals surface area contributed by atoms with E-state index in [1.54, 1.807) is 12.3 Å². The summed E-state index contributed by atoms with van der Waals surface area (Å²) in [5, 5.41) is 0. The topological polar surface area (TPSA) is 56.0 Å². The molecule has 0 radical (unpaired) electrons. The van der Waals surface area contributed by atoms with Crippen molar-refractivity contribution in [2.45, 2.75) is 20.3 Å². The van der Waals surface area contributed by atoms with Crippen LogP contribution in [0.25, 0.3) is 0 Å². The molecule has 0 saturated carbocycles. The van der Waals surface area contributed by atoms with Gasteiger partial charge in [-0.05, 0) is 30.5 Å². The summed E-state index contributed by atoms with van der Waals surface area (Å²) in [7, 11) is 0. The first-order valence-electron chi connectivity index (χ1n) is 3.90. The molecule has 1 aromatic heterocycles. The number of hydrogen-bond acceptors (Lipinski definition) is 2. The molecule has 1 amide bonds. The predicted molar refractivity (Wildman–Crippen MR) is 46.9 cm³/mol. The number of nitrogens with zero attached hydrogens (tertiary/aromatic N) is 1. The Morgan fingerprint density at radius 2 is 2.33 bits per heavy atom. The van der Waals surface area contributed by atoms with Crippen molar-refractivity contribution in [3.8, 4) is 0 Å². The lowest BCUT2D eigenvalue weighted by molar-refractivity contribution is 0.0995. The van der Waals surface area contributed by atoms with Gasteiger partial charge in [-0.15, -0.1) is 0 Å². The minimum absolute atomic E-state index is 0.338. The largest absolute Gasteiger partial charge is 0.364 e. The summed E-state index contributed by atoms with van der Waals surface area (Å²) in [4.78, 5) is 14.6. The van der Waals surface area contributed by atoms with Crippen molar-refractivity contribution in [2.24, 2.45) is 5.73 Å². The van der Waals surface area contributed by atoms with Crippen molar-refractivity contribution in [3.63, 3.8) is 0 Å². The first-order valence-corrected chi connectivity index (χ1v) is 3.90. The molecule has 0 unspecified atom stereocenters. The van der Waals surface area contributed by atoms with E-state index >= 15 is 0 Å². The molecular formula is C9H12N2O. The van der Waals surface area contributed by atoms with Crippen molar-refractivity contribution >= 4 is 5.91 Å². The number of carbonyl (C=O) groups excluding carboxylic acids is 1. The molecule has 0 atom stereocenters. The number of aryl methyl sites for hydroxylation is 2. The van der Waals surface area contributed by atoms with Gasteiger partial charge in [0.25, 0.3) is 5.91 Å². The summed E-state index contributed by atoms with van der Waals surface area (Å²) in [6.07, 6.45) is 2.63. The third-order valence-electron chi connectivity index (χ3n) is 1.85. The number of rotatable bonds is 2. The molecule has 0 aromatic carbocycles. The lowest BCUT2D eigenvalue weighted by Crippen LogP contribution is -2.13. The van der Waals surface area contributed by atoms with Gasteiger partial charge in [0.15, 0.2) is 0 Å². The average molecular weight is 164 g/mol. The number of carbonyl (C=O) groups is 1. The number of amides is 1. The molecule has 3 heteroatoms. The van der Waals surface area contributed by atoms with E-state index in [4.69, 9.17) is 5.73 Å². The van der Waals surface area contributed by atoms with E-state index in [1.165, 1.54) is 0 Å². The highest BCUT2D eigenvalue weighted by molar-refractivity contribution is 5.90. The van der Waals surface area contributed by atoms with Crippen LogP contribution in [0.1, 0.15) is 28.5 Å². The van der Waals surface area contributed by atoms with E-state index in [1.807, 2.05) is 13.8 Å². The molecule has 64 valence electrons. The second-order valence-corrected chi connectivity index (χ2v) is 2.71. The van der Waals surface area contributed by atoms with Gasteiger partial charge in [0.2, 0.25) is 0 Å². The van der Waals surface area contributed by atoms with Gasteiger partial charge in [-0.2, -0.15) is 0 Å². The van der Waals surface area contributed by atoms with Gasteiger partial charge in [-0.25, -0.2) is 0 Å². The molecule has 12 heavy (non-hydrogen) atoms. The van der Waals surface area contributed by atoms with E-state index < -0.39 is 5.91 Å². The number of primary amides is 1. The highest BCUT2D eigenvalue weighted by Gasteiger charge is 2.03. The maximum Gasteiger partial charge on any atom is 0.267 e. The Labute approximate surface area is 71.6 Å². The van der Waals surface area contributed by atoms with E-state index in [2.05, 4.69) is 4.98 Å². The monoisotopic (exact) mass is 164 g/mol. The minimum Gasteiger partial charge on any atom is -0.364 e. The molecule has 0 aliphatic rings. The lowest BCUT2D eigenvalue weighted by atomic mass is 10.1. The van der Waals surface area contributed by atoms with Crippen molar-refractivity contribution in [2.75, 3.05) is 0 Å². The summed E-state index contributed by atoms with van der Waals surface area (Å²) in [6, 6.07) is 1.72. The van der Waals surface area contributed by atoms with Gasteiger partial charge < -0.3 is 5.73 Å². The summed E-state index contributed by atoms with van der Waals surface area (Å²) < 4.78 is 0. The van der Waals surface area contributed by atoms with Crippen LogP contribution in [0.15, 0.2) is 12.3 Å². The van der Waals surface area contributed by atoms with Crippen LogP contribution >= 0.6 is 0 Å². The van der Waals surface area contributed by atoms with Gasteiger partial charge in [0, 0.05) is 6.20 Å². The Kier molecular flexibility index (Phi) is 2.43. The van der Waals surface area contributed by atoms with E-state index in [0.29, 0.717) is 5.69 Å². The molecule has 3 nitrogen and oxygen atoms in total. The van der Waals surface area contributed by atoms with Crippen LogP contribution < -0.4 is 5.73 Å². The van der Waals surface area contributed by atoms with Gasteiger partial charge in [-0.3, -0.25) is 9.78 Å².